The number of nitrogens with zero attached hydrogens (tertiary/aromatic N) is 1. The van der Waals surface area contributed by atoms with E-state index in [1.165, 1.54) is 0 Å². The SMILES string of the molecule is O=[P+](O)O.O=[P+](O)O.c1c[nH]cn1. The minimum absolute atomic E-state index is 1.62. The van der Waals surface area contributed by atoms with E-state index < -0.39 is 16.5 Å². The van der Waals surface area contributed by atoms with E-state index in [1.54, 1.807) is 18.7 Å². The number of aromatic nitrogens is 2. The molecule has 0 unspecified atom stereocenters. The molecule has 0 spiro atoms. The third-order valence-electron chi connectivity index (χ3n) is 0.406. The van der Waals surface area contributed by atoms with Crippen molar-refractivity contribution in [3.63, 3.8) is 0 Å². The molecule has 0 atom stereocenters. The number of hydrogen-bond acceptors (Lipinski definition) is 3. The van der Waals surface area contributed by atoms with Crippen LogP contribution >= 0.6 is 16.5 Å². The molecule has 0 bridgehead atoms. The van der Waals surface area contributed by atoms with Crippen molar-refractivity contribution in [2.75, 3.05) is 0 Å². The fourth-order valence-corrected chi connectivity index (χ4v) is 0.215. The highest BCUT2D eigenvalue weighted by molar-refractivity contribution is 7.31. The summed E-state index contributed by atoms with van der Waals surface area (Å²) in [6.07, 6.45) is 5.08. The molecule has 0 radical (unpaired) electrons. The van der Waals surface area contributed by atoms with Crippen molar-refractivity contribution in [2.24, 2.45) is 0 Å². The summed E-state index contributed by atoms with van der Waals surface area (Å²) >= 11 is 0. The van der Waals surface area contributed by atoms with Crippen molar-refractivity contribution in [3.8, 4) is 0 Å². The quantitative estimate of drug-likeness (QED) is 0.383. The molecule has 0 amide bonds. The normalized spacial score (nSPS) is 7.08. The first-order chi connectivity index (χ1) is 5.96. The summed E-state index contributed by atoms with van der Waals surface area (Å²) in [7, 11) is -5.74. The third kappa shape index (κ3) is 53.3. The van der Waals surface area contributed by atoms with Gasteiger partial charge in [0.05, 0.1) is 6.33 Å². The highest BCUT2D eigenvalue weighted by Crippen LogP contribution is 1.98. The van der Waals surface area contributed by atoms with Gasteiger partial charge in [-0.3, -0.25) is 0 Å². The van der Waals surface area contributed by atoms with Crippen LogP contribution in [0.15, 0.2) is 18.7 Å². The Balaban J connectivity index is 0. The van der Waals surface area contributed by atoms with Crippen molar-refractivity contribution in [1.29, 1.82) is 0 Å². The molecule has 0 aliphatic heterocycles. The lowest BCUT2D eigenvalue weighted by Gasteiger charge is -1.46. The van der Waals surface area contributed by atoms with Crippen molar-refractivity contribution in [1.82, 2.24) is 9.97 Å². The Labute approximate surface area is 74.8 Å². The first-order valence-electron chi connectivity index (χ1n) is 2.59. The van der Waals surface area contributed by atoms with Crippen LogP contribution in [-0.2, 0) is 9.13 Å². The second kappa shape index (κ2) is 11.2. The predicted molar refractivity (Wildman–Crippen MR) is 42.7 cm³/mol. The van der Waals surface area contributed by atoms with Crippen LogP contribution in [0.25, 0.3) is 0 Å². The zero-order valence-electron chi connectivity index (χ0n) is 6.18. The molecule has 0 fully saturated rings. The van der Waals surface area contributed by atoms with Crippen LogP contribution < -0.4 is 0 Å². The molecule has 5 N–H and O–H groups in total. The maximum absolute atomic E-state index is 8.70. The van der Waals surface area contributed by atoms with Gasteiger partial charge in [0.15, 0.2) is 0 Å². The maximum Gasteiger partial charge on any atom is 0.692 e. The van der Waals surface area contributed by atoms with E-state index in [0.29, 0.717) is 0 Å². The van der Waals surface area contributed by atoms with Gasteiger partial charge in [-0.15, -0.1) is 19.6 Å². The predicted octanol–water partition coefficient (Wildman–Crippen LogP) is -0.334. The molecule has 0 aliphatic rings. The Hall–Kier alpha value is -0.750. The molecular formula is C3H8N2O6P2+2. The third-order valence-corrected chi connectivity index (χ3v) is 0.406. The molecule has 0 aliphatic carbocycles. The number of imidazole rings is 1. The minimum Gasteiger partial charge on any atom is -0.351 e. The molecule has 0 saturated heterocycles. The van der Waals surface area contributed by atoms with E-state index in [2.05, 4.69) is 9.97 Å². The van der Waals surface area contributed by atoms with E-state index in [1.807, 2.05) is 0 Å². The van der Waals surface area contributed by atoms with E-state index in [0.717, 1.165) is 0 Å². The van der Waals surface area contributed by atoms with E-state index in [-0.39, 0.29) is 0 Å². The Bertz CT molecular complexity index is 189. The average Bonchev–Trinajstić information content (AvgIpc) is 2.35. The Kier molecular flexibility index (Phi) is 12.8. The van der Waals surface area contributed by atoms with Gasteiger partial charge in [0.1, 0.15) is 0 Å². The summed E-state index contributed by atoms with van der Waals surface area (Å²) in [5.41, 5.74) is 0. The van der Waals surface area contributed by atoms with Gasteiger partial charge in [-0.05, 0) is 0 Å². The number of aromatic amines is 1. The van der Waals surface area contributed by atoms with Crippen LogP contribution in [0.1, 0.15) is 0 Å². The number of H-pyrrole nitrogens is 1. The largest absolute Gasteiger partial charge is 0.692 e. The van der Waals surface area contributed by atoms with Crippen LogP contribution in [0.4, 0.5) is 0 Å². The molecule has 0 saturated carbocycles. The van der Waals surface area contributed by atoms with Gasteiger partial charge in [0.25, 0.3) is 0 Å². The first-order valence-corrected chi connectivity index (χ1v) is 4.92. The second-order valence-electron chi connectivity index (χ2n) is 1.27. The summed E-state index contributed by atoms with van der Waals surface area (Å²) in [6, 6.07) is 0. The second-order valence-corrected chi connectivity index (χ2v) is 2.28. The summed E-state index contributed by atoms with van der Waals surface area (Å²) in [4.78, 5) is 34.9. The van der Waals surface area contributed by atoms with Crippen molar-refractivity contribution >= 4 is 16.5 Å². The summed E-state index contributed by atoms with van der Waals surface area (Å²) in [5, 5.41) is 0. The standard InChI is InChI=1S/C3H4N2.2HO3P/c1-2-5-3-4-1;2*1-4(2)3/h1-3H,(H,4,5);2*(H-,1,2,3)/p+2. The number of rotatable bonds is 0. The number of hydrogen-bond donors (Lipinski definition) is 5. The highest BCUT2D eigenvalue weighted by Gasteiger charge is 1.93. The van der Waals surface area contributed by atoms with Gasteiger partial charge in [0.2, 0.25) is 0 Å². The number of nitrogens with one attached hydrogen (secondary N) is 1. The van der Waals surface area contributed by atoms with Crippen molar-refractivity contribution < 1.29 is 28.7 Å². The molecular weight excluding hydrogens is 222 g/mol. The summed E-state index contributed by atoms with van der Waals surface area (Å²) < 4.78 is 17.4. The van der Waals surface area contributed by atoms with Crippen LogP contribution in [0.5, 0.6) is 0 Å². The van der Waals surface area contributed by atoms with Gasteiger partial charge < -0.3 is 4.98 Å². The van der Waals surface area contributed by atoms with E-state index in [9.17, 15) is 0 Å². The summed E-state index contributed by atoms with van der Waals surface area (Å²) in [5.74, 6) is 0. The first kappa shape index (κ1) is 14.8. The smallest absolute Gasteiger partial charge is 0.351 e. The van der Waals surface area contributed by atoms with Crippen LogP contribution in [0.3, 0.4) is 0 Å². The Morgan fingerprint density at radius 1 is 1.08 bits per heavy atom. The zero-order valence-corrected chi connectivity index (χ0v) is 7.97. The molecule has 8 nitrogen and oxygen atoms in total. The van der Waals surface area contributed by atoms with E-state index in [4.69, 9.17) is 28.7 Å². The minimum atomic E-state index is -2.87. The molecule has 1 heterocycles. The van der Waals surface area contributed by atoms with Crippen LogP contribution in [0, 0.1) is 0 Å². The Morgan fingerprint density at radius 2 is 1.46 bits per heavy atom. The van der Waals surface area contributed by atoms with Crippen LogP contribution in [-0.4, -0.2) is 29.5 Å². The van der Waals surface area contributed by atoms with Gasteiger partial charge in [-0.1, -0.05) is 0 Å². The lowest BCUT2D eigenvalue weighted by atomic mass is 11.0. The lowest BCUT2D eigenvalue weighted by Crippen LogP contribution is -1.44. The van der Waals surface area contributed by atoms with Gasteiger partial charge >= 0.3 is 16.5 Å². The molecule has 74 valence electrons. The Morgan fingerprint density at radius 3 is 1.54 bits per heavy atom. The van der Waals surface area contributed by atoms with Crippen molar-refractivity contribution in [2.45, 2.75) is 0 Å². The fourth-order valence-electron chi connectivity index (χ4n) is 0.215. The zero-order chi connectivity index (χ0) is 10.7. The van der Waals surface area contributed by atoms with Gasteiger partial charge in [0, 0.05) is 21.5 Å². The van der Waals surface area contributed by atoms with Gasteiger partial charge in [-0.2, -0.15) is 0 Å². The highest BCUT2D eigenvalue weighted by atomic mass is 31.1. The molecule has 1 rings (SSSR count). The average molecular weight is 230 g/mol. The molecule has 10 heteroatoms. The maximum atomic E-state index is 8.70. The van der Waals surface area contributed by atoms with Gasteiger partial charge in [-0.25, -0.2) is 4.98 Å². The lowest BCUT2D eigenvalue weighted by molar-refractivity contribution is 0.403. The molecule has 1 aromatic rings. The monoisotopic (exact) mass is 230 g/mol. The van der Waals surface area contributed by atoms with Crippen molar-refractivity contribution in [3.05, 3.63) is 18.7 Å². The molecule has 13 heavy (non-hydrogen) atoms. The molecule has 1 aromatic heterocycles. The fraction of sp³-hybridized carbons (Fsp3) is 0. The summed E-state index contributed by atoms with van der Waals surface area (Å²) in [6.45, 7) is 0. The topological polar surface area (TPSA) is 144 Å². The van der Waals surface area contributed by atoms with E-state index >= 15 is 0 Å². The molecule has 0 aromatic carbocycles. The van der Waals surface area contributed by atoms with Crippen LogP contribution in [0.2, 0.25) is 0 Å².